The molecule has 1 saturated heterocycles. The van der Waals surface area contributed by atoms with Crippen molar-refractivity contribution in [1.29, 1.82) is 0 Å². The minimum absolute atomic E-state index is 0.183. The number of hydrazine groups is 1. The van der Waals surface area contributed by atoms with E-state index in [9.17, 15) is 14.0 Å². The molecule has 3 N–H and O–H groups in total. The Morgan fingerprint density at radius 1 is 0.882 bits per heavy atom. The third-order valence-corrected chi connectivity index (χ3v) is 5.64. The SMILES string of the molecule is O=C(CCN1CCN(c2ccccc2)CC1)NNC(=O)c1cccnc1Nc1ccccc1F. The molecular formula is C25H27FN6O2. The fourth-order valence-electron chi connectivity index (χ4n) is 3.76. The number of hydrogen-bond donors (Lipinski definition) is 3. The van der Waals surface area contributed by atoms with Crippen molar-refractivity contribution in [2.24, 2.45) is 0 Å². The van der Waals surface area contributed by atoms with Gasteiger partial charge in [0.2, 0.25) is 5.91 Å². The third kappa shape index (κ3) is 6.08. The van der Waals surface area contributed by atoms with Crippen LogP contribution in [0.4, 0.5) is 21.6 Å². The first-order valence-electron chi connectivity index (χ1n) is 11.2. The van der Waals surface area contributed by atoms with Gasteiger partial charge in [0.05, 0.1) is 11.3 Å². The van der Waals surface area contributed by atoms with E-state index in [2.05, 4.69) is 43.1 Å². The van der Waals surface area contributed by atoms with E-state index in [-0.39, 0.29) is 29.4 Å². The quantitative estimate of drug-likeness (QED) is 0.468. The third-order valence-electron chi connectivity index (χ3n) is 5.64. The van der Waals surface area contributed by atoms with Crippen molar-refractivity contribution in [3.8, 4) is 0 Å². The molecule has 0 saturated carbocycles. The number of hydrogen-bond acceptors (Lipinski definition) is 6. The second-order valence-electron chi connectivity index (χ2n) is 7.92. The molecular weight excluding hydrogens is 435 g/mol. The summed E-state index contributed by atoms with van der Waals surface area (Å²) in [7, 11) is 0. The van der Waals surface area contributed by atoms with Gasteiger partial charge in [-0.2, -0.15) is 0 Å². The number of rotatable bonds is 7. The zero-order valence-corrected chi connectivity index (χ0v) is 18.7. The fourth-order valence-corrected chi connectivity index (χ4v) is 3.76. The highest BCUT2D eigenvalue weighted by Gasteiger charge is 2.18. The highest BCUT2D eigenvalue weighted by molar-refractivity contribution is 6.00. The van der Waals surface area contributed by atoms with Crippen LogP contribution in [0, 0.1) is 5.82 Å². The second kappa shape index (κ2) is 11.2. The fraction of sp³-hybridized carbons (Fsp3) is 0.240. The smallest absolute Gasteiger partial charge is 0.273 e. The number of carbonyl (C=O) groups excluding carboxylic acids is 2. The molecule has 0 atom stereocenters. The summed E-state index contributed by atoms with van der Waals surface area (Å²) in [5.41, 5.74) is 6.46. The molecule has 0 radical (unpaired) electrons. The highest BCUT2D eigenvalue weighted by Crippen LogP contribution is 2.21. The predicted octanol–water partition coefficient (Wildman–Crippen LogP) is 2.94. The summed E-state index contributed by atoms with van der Waals surface area (Å²) in [5.74, 6) is -1.10. The molecule has 1 aliphatic heterocycles. The van der Waals surface area contributed by atoms with Crippen LogP contribution < -0.4 is 21.1 Å². The van der Waals surface area contributed by atoms with Gasteiger partial charge in [-0.25, -0.2) is 9.37 Å². The van der Waals surface area contributed by atoms with Crippen LogP contribution in [0.25, 0.3) is 0 Å². The number of halogens is 1. The Kier molecular flexibility index (Phi) is 7.67. The number of benzene rings is 2. The molecule has 1 aromatic heterocycles. The van der Waals surface area contributed by atoms with E-state index in [0.29, 0.717) is 6.54 Å². The number of anilines is 3. The Labute approximate surface area is 197 Å². The number of carbonyl (C=O) groups is 2. The van der Waals surface area contributed by atoms with Crippen molar-refractivity contribution in [2.75, 3.05) is 42.9 Å². The van der Waals surface area contributed by atoms with Crippen molar-refractivity contribution in [1.82, 2.24) is 20.7 Å². The van der Waals surface area contributed by atoms with E-state index in [4.69, 9.17) is 0 Å². The van der Waals surface area contributed by atoms with Gasteiger partial charge in [-0.3, -0.25) is 25.3 Å². The highest BCUT2D eigenvalue weighted by atomic mass is 19.1. The van der Waals surface area contributed by atoms with Crippen LogP contribution in [0.15, 0.2) is 72.9 Å². The standard InChI is InChI=1S/C25H27FN6O2/c26-21-10-4-5-11-22(21)28-24-20(9-6-13-27-24)25(34)30-29-23(33)12-14-31-15-17-32(18-16-31)19-7-2-1-3-8-19/h1-11,13H,12,14-18H2,(H,27,28)(H,29,33)(H,30,34). The zero-order valence-electron chi connectivity index (χ0n) is 18.7. The summed E-state index contributed by atoms with van der Waals surface area (Å²) in [6.45, 7) is 4.16. The normalized spacial score (nSPS) is 13.9. The van der Waals surface area contributed by atoms with Gasteiger partial charge >= 0.3 is 0 Å². The van der Waals surface area contributed by atoms with Crippen LogP contribution in [0.2, 0.25) is 0 Å². The number of amides is 2. The molecule has 0 bridgehead atoms. The minimum atomic E-state index is -0.545. The molecule has 8 nitrogen and oxygen atoms in total. The Morgan fingerprint density at radius 3 is 2.38 bits per heavy atom. The van der Waals surface area contributed by atoms with E-state index in [1.807, 2.05) is 18.2 Å². The van der Waals surface area contributed by atoms with Gasteiger partial charge in [0.1, 0.15) is 11.6 Å². The summed E-state index contributed by atoms with van der Waals surface area (Å²) in [6.07, 6.45) is 1.76. The number of piperazine rings is 1. The lowest BCUT2D eigenvalue weighted by atomic mass is 10.2. The molecule has 4 rings (SSSR count). The summed E-state index contributed by atoms with van der Waals surface area (Å²) in [6, 6.07) is 19.5. The van der Waals surface area contributed by atoms with Crippen LogP contribution in [0.1, 0.15) is 16.8 Å². The predicted molar refractivity (Wildman–Crippen MR) is 129 cm³/mol. The lowest BCUT2D eigenvalue weighted by molar-refractivity contribution is -0.122. The maximum atomic E-state index is 14.0. The Balaban J connectivity index is 1.23. The molecule has 34 heavy (non-hydrogen) atoms. The summed E-state index contributed by atoms with van der Waals surface area (Å²) in [4.78, 5) is 33.6. The van der Waals surface area contributed by atoms with Gasteiger partial charge in [-0.1, -0.05) is 30.3 Å². The molecule has 0 spiro atoms. The van der Waals surface area contributed by atoms with Gasteiger partial charge in [0.15, 0.2) is 0 Å². The molecule has 2 amide bonds. The largest absolute Gasteiger partial charge is 0.369 e. The molecule has 0 aliphatic carbocycles. The molecule has 3 aromatic rings. The van der Waals surface area contributed by atoms with Crippen LogP contribution in [-0.2, 0) is 4.79 Å². The Hall–Kier alpha value is -3.98. The second-order valence-corrected chi connectivity index (χ2v) is 7.92. The number of para-hydroxylation sites is 2. The first-order valence-corrected chi connectivity index (χ1v) is 11.2. The molecule has 1 fully saturated rings. The summed E-state index contributed by atoms with van der Waals surface area (Å²) >= 11 is 0. The van der Waals surface area contributed by atoms with Crippen molar-refractivity contribution < 1.29 is 14.0 Å². The Morgan fingerprint density at radius 2 is 1.62 bits per heavy atom. The molecule has 9 heteroatoms. The molecule has 2 heterocycles. The van der Waals surface area contributed by atoms with Crippen LogP contribution in [-0.4, -0.2) is 54.4 Å². The van der Waals surface area contributed by atoms with E-state index < -0.39 is 11.7 Å². The van der Waals surface area contributed by atoms with E-state index in [0.717, 1.165) is 26.2 Å². The lowest BCUT2D eigenvalue weighted by Gasteiger charge is -2.36. The first kappa shape index (κ1) is 23.2. The van der Waals surface area contributed by atoms with Gasteiger partial charge in [0, 0.05) is 51.0 Å². The van der Waals surface area contributed by atoms with E-state index >= 15 is 0 Å². The number of nitrogens with zero attached hydrogens (tertiary/aromatic N) is 3. The molecule has 1 aliphatic rings. The van der Waals surface area contributed by atoms with Gasteiger partial charge in [0.25, 0.3) is 5.91 Å². The first-order chi connectivity index (χ1) is 16.6. The van der Waals surface area contributed by atoms with E-state index in [1.54, 1.807) is 30.3 Å². The topological polar surface area (TPSA) is 89.6 Å². The van der Waals surface area contributed by atoms with Gasteiger partial charge in [-0.15, -0.1) is 0 Å². The van der Waals surface area contributed by atoms with Gasteiger partial charge < -0.3 is 10.2 Å². The molecule has 176 valence electrons. The van der Waals surface area contributed by atoms with Crippen molar-refractivity contribution in [3.63, 3.8) is 0 Å². The average Bonchev–Trinajstić information content (AvgIpc) is 2.88. The van der Waals surface area contributed by atoms with Crippen molar-refractivity contribution >= 4 is 29.0 Å². The summed E-state index contributed by atoms with van der Waals surface area (Å²) in [5, 5.41) is 2.82. The van der Waals surface area contributed by atoms with Crippen molar-refractivity contribution in [3.05, 3.63) is 84.3 Å². The monoisotopic (exact) mass is 462 g/mol. The zero-order chi connectivity index (χ0) is 23.8. The average molecular weight is 463 g/mol. The van der Waals surface area contributed by atoms with Crippen LogP contribution in [0.3, 0.4) is 0 Å². The van der Waals surface area contributed by atoms with Crippen molar-refractivity contribution in [2.45, 2.75) is 6.42 Å². The number of nitrogens with one attached hydrogen (secondary N) is 3. The Bertz CT molecular complexity index is 1120. The maximum absolute atomic E-state index is 14.0. The lowest BCUT2D eigenvalue weighted by Crippen LogP contribution is -2.48. The summed E-state index contributed by atoms with van der Waals surface area (Å²) < 4.78 is 14.0. The molecule has 2 aromatic carbocycles. The van der Waals surface area contributed by atoms with Gasteiger partial charge in [-0.05, 0) is 36.4 Å². The van der Waals surface area contributed by atoms with E-state index in [1.165, 1.54) is 18.0 Å². The molecule has 0 unspecified atom stereocenters. The van der Waals surface area contributed by atoms with Crippen LogP contribution in [0.5, 0.6) is 0 Å². The maximum Gasteiger partial charge on any atom is 0.273 e. The minimum Gasteiger partial charge on any atom is -0.369 e. The number of pyridine rings is 1. The number of aromatic nitrogens is 1. The van der Waals surface area contributed by atoms with Crippen LogP contribution >= 0.6 is 0 Å².